The number of likely N-dealkylation sites (tertiary alicyclic amines) is 1. The van der Waals surface area contributed by atoms with Gasteiger partial charge in [-0.25, -0.2) is 8.42 Å². The maximum absolute atomic E-state index is 12.8. The zero-order valence-electron chi connectivity index (χ0n) is 15.0. The number of sulfonamides is 1. The molecule has 2 fully saturated rings. The van der Waals surface area contributed by atoms with E-state index in [1.54, 1.807) is 12.1 Å². The van der Waals surface area contributed by atoms with E-state index in [9.17, 15) is 13.2 Å². The van der Waals surface area contributed by atoms with Crippen LogP contribution in [-0.2, 0) is 21.2 Å². The smallest absolute Gasteiger partial charge is 0.243 e. The van der Waals surface area contributed by atoms with Crippen molar-refractivity contribution in [3.8, 4) is 0 Å². The second-order valence-corrected chi connectivity index (χ2v) is 9.00. The van der Waals surface area contributed by atoms with Crippen molar-refractivity contribution in [3.63, 3.8) is 0 Å². The molecule has 1 amide bonds. The molecule has 0 N–H and O–H groups in total. The number of piperidine rings is 2. The van der Waals surface area contributed by atoms with Crippen LogP contribution in [0.5, 0.6) is 0 Å². The Bertz CT molecular complexity index is 686. The van der Waals surface area contributed by atoms with Crippen LogP contribution in [0.25, 0.3) is 0 Å². The molecule has 0 atom stereocenters. The number of hydrogen-bond donors (Lipinski definition) is 0. The van der Waals surface area contributed by atoms with E-state index < -0.39 is 10.0 Å². The largest absolute Gasteiger partial charge is 0.342 e. The molecule has 0 saturated carbocycles. The van der Waals surface area contributed by atoms with Gasteiger partial charge in [0.25, 0.3) is 0 Å². The van der Waals surface area contributed by atoms with Crippen LogP contribution in [-0.4, -0.2) is 49.7 Å². The minimum Gasteiger partial charge on any atom is -0.342 e. The van der Waals surface area contributed by atoms with Gasteiger partial charge in [-0.3, -0.25) is 4.79 Å². The second kappa shape index (κ2) is 7.87. The monoisotopic (exact) mass is 364 g/mol. The summed E-state index contributed by atoms with van der Waals surface area (Å²) in [5.74, 6) is 0.205. The molecule has 0 aromatic heterocycles. The third-order valence-corrected chi connectivity index (χ3v) is 7.35. The van der Waals surface area contributed by atoms with Gasteiger partial charge in [0.15, 0.2) is 0 Å². The van der Waals surface area contributed by atoms with Crippen molar-refractivity contribution in [2.75, 3.05) is 26.2 Å². The summed E-state index contributed by atoms with van der Waals surface area (Å²) in [7, 11) is -3.45. The molecule has 2 aliphatic heterocycles. The predicted octanol–water partition coefficient (Wildman–Crippen LogP) is 2.66. The maximum atomic E-state index is 12.8. The average molecular weight is 365 g/mol. The molecule has 3 rings (SSSR count). The number of amides is 1. The molecule has 2 heterocycles. The third kappa shape index (κ3) is 4.06. The molecule has 0 spiro atoms. The summed E-state index contributed by atoms with van der Waals surface area (Å²) in [5, 5.41) is 0. The lowest BCUT2D eigenvalue weighted by Gasteiger charge is -2.35. The van der Waals surface area contributed by atoms with E-state index in [1.807, 2.05) is 24.0 Å². The number of rotatable bonds is 4. The highest BCUT2D eigenvalue weighted by Gasteiger charge is 2.34. The molecule has 0 unspecified atom stereocenters. The Labute approximate surface area is 151 Å². The van der Waals surface area contributed by atoms with Gasteiger partial charge in [0.05, 0.1) is 4.90 Å². The first-order chi connectivity index (χ1) is 12.0. The van der Waals surface area contributed by atoms with Crippen LogP contribution in [0.1, 0.15) is 44.6 Å². The summed E-state index contributed by atoms with van der Waals surface area (Å²) >= 11 is 0. The Balaban J connectivity index is 1.61. The van der Waals surface area contributed by atoms with Crippen molar-refractivity contribution in [1.82, 2.24) is 9.21 Å². The quantitative estimate of drug-likeness (QED) is 0.825. The SMILES string of the molecule is CCc1ccc(S(=O)(=O)N2CCC(C(=O)N3CCCCC3)CC2)cc1. The first-order valence-corrected chi connectivity index (χ1v) is 10.8. The number of aryl methyl sites for hydroxylation is 1. The van der Waals surface area contributed by atoms with Gasteiger partial charge in [0, 0.05) is 32.1 Å². The van der Waals surface area contributed by atoms with Crippen molar-refractivity contribution in [2.45, 2.75) is 50.3 Å². The van der Waals surface area contributed by atoms with Gasteiger partial charge in [-0.15, -0.1) is 0 Å². The fourth-order valence-electron chi connectivity index (χ4n) is 3.76. The van der Waals surface area contributed by atoms with Gasteiger partial charge < -0.3 is 4.90 Å². The average Bonchev–Trinajstić information content (AvgIpc) is 2.68. The Morgan fingerprint density at radius 2 is 1.60 bits per heavy atom. The van der Waals surface area contributed by atoms with Crippen LogP contribution in [0.15, 0.2) is 29.2 Å². The zero-order chi connectivity index (χ0) is 17.9. The summed E-state index contributed by atoms with van der Waals surface area (Å²) in [6, 6.07) is 7.14. The molecule has 138 valence electrons. The molecule has 0 radical (unpaired) electrons. The van der Waals surface area contributed by atoms with Gasteiger partial charge in [-0.05, 0) is 56.2 Å². The summed E-state index contributed by atoms with van der Waals surface area (Å²) in [4.78, 5) is 14.9. The first-order valence-electron chi connectivity index (χ1n) is 9.40. The van der Waals surface area contributed by atoms with Crippen molar-refractivity contribution in [1.29, 1.82) is 0 Å². The Kier molecular flexibility index (Phi) is 5.79. The summed E-state index contributed by atoms with van der Waals surface area (Å²) in [6.45, 7) is 4.64. The van der Waals surface area contributed by atoms with E-state index in [0.717, 1.165) is 37.9 Å². The summed E-state index contributed by atoms with van der Waals surface area (Å²) in [5.41, 5.74) is 1.13. The predicted molar refractivity (Wildman–Crippen MR) is 97.7 cm³/mol. The van der Waals surface area contributed by atoms with Crippen molar-refractivity contribution in [2.24, 2.45) is 5.92 Å². The number of carbonyl (C=O) groups excluding carboxylic acids is 1. The highest BCUT2D eigenvalue weighted by molar-refractivity contribution is 7.89. The summed E-state index contributed by atoms with van der Waals surface area (Å²) < 4.78 is 27.1. The molecular formula is C19H28N2O3S. The van der Waals surface area contributed by atoms with Crippen molar-refractivity contribution < 1.29 is 13.2 Å². The molecule has 0 aliphatic carbocycles. The number of hydrogen-bond acceptors (Lipinski definition) is 3. The molecule has 2 aliphatic rings. The van der Waals surface area contributed by atoms with Gasteiger partial charge in [0.1, 0.15) is 0 Å². The normalized spacial score (nSPS) is 20.6. The van der Waals surface area contributed by atoms with Crippen LogP contribution < -0.4 is 0 Å². The topological polar surface area (TPSA) is 57.7 Å². The third-order valence-electron chi connectivity index (χ3n) is 5.44. The van der Waals surface area contributed by atoms with Crippen molar-refractivity contribution >= 4 is 15.9 Å². The molecular weight excluding hydrogens is 336 g/mol. The van der Waals surface area contributed by atoms with Crippen LogP contribution in [0.4, 0.5) is 0 Å². The molecule has 2 saturated heterocycles. The lowest BCUT2D eigenvalue weighted by molar-refractivity contribution is -0.137. The van der Waals surface area contributed by atoms with Gasteiger partial charge in [-0.2, -0.15) is 4.31 Å². The van der Waals surface area contributed by atoms with E-state index >= 15 is 0 Å². The van der Waals surface area contributed by atoms with Gasteiger partial charge >= 0.3 is 0 Å². The highest BCUT2D eigenvalue weighted by atomic mass is 32.2. The molecule has 0 bridgehead atoms. The van der Waals surface area contributed by atoms with E-state index in [2.05, 4.69) is 0 Å². The zero-order valence-corrected chi connectivity index (χ0v) is 15.8. The highest BCUT2D eigenvalue weighted by Crippen LogP contribution is 2.26. The maximum Gasteiger partial charge on any atom is 0.243 e. The first kappa shape index (κ1) is 18.4. The molecule has 1 aromatic carbocycles. The van der Waals surface area contributed by atoms with E-state index in [0.29, 0.717) is 30.8 Å². The summed E-state index contributed by atoms with van der Waals surface area (Å²) in [6.07, 6.45) is 5.53. The second-order valence-electron chi connectivity index (χ2n) is 7.06. The minimum atomic E-state index is -3.45. The van der Waals surface area contributed by atoms with Gasteiger partial charge in [0.2, 0.25) is 15.9 Å². The number of benzene rings is 1. The van der Waals surface area contributed by atoms with Crippen LogP contribution in [0, 0.1) is 5.92 Å². The van der Waals surface area contributed by atoms with Crippen LogP contribution >= 0.6 is 0 Å². The molecule has 5 nitrogen and oxygen atoms in total. The van der Waals surface area contributed by atoms with Gasteiger partial charge in [-0.1, -0.05) is 19.1 Å². The van der Waals surface area contributed by atoms with E-state index in [-0.39, 0.29) is 11.8 Å². The van der Waals surface area contributed by atoms with E-state index in [1.165, 1.54) is 10.7 Å². The Morgan fingerprint density at radius 3 is 2.16 bits per heavy atom. The lowest BCUT2D eigenvalue weighted by Crippen LogP contribution is -2.45. The lowest BCUT2D eigenvalue weighted by atomic mass is 9.95. The standard InChI is InChI=1S/C19H28N2O3S/c1-2-16-6-8-18(9-7-16)25(23,24)21-14-10-17(11-15-21)19(22)20-12-4-3-5-13-20/h6-9,17H,2-5,10-15H2,1H3. The Hall–Kier alpha value is -1.40. The van der Waals surface area contributed by atoms with E-state index in [4.69, 9.17) is 0 Å². The number of carbonyl (C=O) groups is 1. The van der Waals surface area contributed by atoms with Crippen LogP contribution in [0.3, 0.4) is 0 Å². The molecule has 6 heteroatoms. The molecule has 25 heavy (non-hydrogen) atoms. The van der Waals surface area contributed by atoms with Crippen LogP contribution in [0.2, 0.25) is 0 Å². The minimum absolute atomic E-state index is 0.0213. The van der Waals surface area contributed by atoms with Crippen molar-refractivity contribution in [3.05, 3.63) is 29.8 Å². The number of nitrogens with zero attached hydrogens (tertiary/aromatic N) is 2. The fourth-order valence-corrected chi connectivity index (χ4v) is 5.23. The molecule has 1 aromatic rings. The Morgan fingerprint density at radius 1 is 1.00 bits per heavy atom. The fraction of sp³-hybridized carbons (Fsp3) is 0.632.